The van der Waals surface area contributed by atoms with Gasteiger partial charge in [0.15, 0.2) is 0 Å². The molecule has 0 bridgehead atoms. The Morgan fingerprint density at radius 2 is 2.00 bits per heavy atom. The molecule has 146 valence electrons. The Labute approximate surface area is 164 Å². The maximum Gasteiger partial charge on any atom is 0.247 e. The third-order valence-corrected chi connectivity index (χ3v) is 5.33. The number of carbonyl (C=O) groups is 2. The van der Waals surface area contributed by atoms with Crippen LogP contribution in [0.3, 0.4) is 0 Å². The van der Waals surface area contributed by atoms with E-state index < -0.39 is 0 Å². The molecule has 2 aliphatic heterocycles. The Morgan fingerprint density at radius 1 is 1.21 bits per heavy atom. The summed E-state index contributed by atoms with van der Waals surface area (Å²) in [6.07, 6.45) is 1.65. The van der Waals surface area contributed by atoms with E-state index in [1.165, 1.54) is 0 Å². The second-order valence-corrected chi connectivity index (χ2v) is 7.22. The summed E-state index contributed by atoms with van der Waals surface area (Å²) in [5, 5.41) is 6.07. The number of fused-ring (bicyclic) bond motifs is 3. The summed E-state index contributed by atoms with van der Waals surface area (Å²) in [4.78, 5) is 27.0. The zero-order chi connectivity index (χ0) is 19.5. The molecule has 2 aliphatic rings. The van der Waals surface area contributed by atoms with E-state index in [-0.39, 0.29) is 23.9 Å². The number of nitrogens with one attached hydrogen (secondary N) is 2. The molecule has 4 rings (SSSR count). The molecule has 0 spiro atoms. The van der Waals surface area contributed by atoms with Gasteiger partial charge in [-0.05, 0) is 43.5 Å². The number of nitrogens with zero attached hydrogens (tertiary/aromatic N) is 1. The van der Waals surface area contributed by atoms with Crippen molar-refractivity contribution in [3.63, 3.8) is 0 Å². The van der Waals surface area contributed by atoms with Crippen LogP contribution in [0.1, 0.15) is 25.3 Å². The maximum absolute atomic E-state index is 12.5. The van der Waals surface area contributed by atoms with Gasteiger partial charge in [-0.3, -0.25) is 9.59 Å². The van der Waals surface area contributed by atoms with Crippen LogP contribution in [0.15, 0.2) is 48.5 Å². The zero-order valence-corrected chi connectivity index (χ0v) is 16.0. The quantitative estimate of drug-likeness (QED) is 0.810. The van der Waals surface area contributed by atoms with Crippen molar-refractivity contribution in [2.75, 3.05) is 23.4 Å². The van der Waals surface area contributed by atoms with E-state index in [0.29, 0.717) is 32.4 Å². The average Bonchev–Trinajstić information content (AvgIpc) is 3.12. The molecule has 0 radical (unpaired) electrons. The van der Waals surface area contributed by atoms with Gasteiger partial charge in [-0.25, -0.2) is 0 Å². The first-order chi connectivity index (χ1) is 13.7. The van der Waals surface area contributed by atoms with E-state index in [1.54, 1.807) is 0 Å². The standard InChI is InChI=1S/C22H25N3O3/c1-2-28-20-10-6-3-7-15(20)11-12-21(26)23-16-13-19-22(27)24-17-8-4-5-9-18(17)25(19)14-16/h3-10,16,19H,2,11-14H2,1H3,(H,23,26)(H,24,27). The van der Waals surface area contributed by atoms with Crippen LogP contribution in [-0.4, -0.2) is 37.0 Å². The Hall–Kier alpha value is -3.02. The lowest BCUT2D eigenvalue weighted by molar-refractivity contribution is -0.122. The van der Waals surface area contributed by atoms with Gasteiger partial charge in [-0.2, -0.15) is 0 Å². The molecule has 1 saturated heterocycles. The number of carbonyl (C=O) groups excluding carboxylic acids is 2. The summed E-state index contributed by atoms with van der Waals surface area (Å²) in [6.45, 7) is 3.20. The summed E-state index contributed by atoms with van der Waals surface area (Å²) in [7, 11) is 0. The Kier molecular flexibility index (Phi) is 5.19. The minimum atomic E-state index is -0.223. The fourth-order valence-electron chi connectivity index (χ4n) is 4.06. The summed E-state index contributed by atoms with van der Waals surface area (Å²) >= 11 is 0. The average molecular weight is 379 g/mol. The lowest BCUT2D eigenvalue weighted by atomic mass is 10.1. The van der Waals surface area contributed by atoms with Crippen molar-refractivity contribution in [2.45, 2.75) is 38.3 Å². The van der Waals surface area contributed by atoms with E-state index in [1.807, 2.05) is 55.5 Å². The van der Waals surface area contributed by atoms with Gasteiger partial charge in [-0.1, -0.05) is 30.3 Å². The van der Waals surface area contributed by atoms with Gasteiger partial charge in [-0.15, -0.1) is 0 Å². The molecule has 2 aromatic carbocycles. The van der Waals surface area contributed by atoms with Gasteiger partial charge in [0, 0.05) is 19.0 Å². The molecule has 2 amide bonds. The number of para-hydroxylation sites is 3. The Balaban J connectivity index is 1.36. The van der Waals surface area contributed by atoms with Gasteiger partial charge < -0.3 is 20.3 Å². The normalized spacial score (nSPS) is 20.2. The first-order valence-corrected chi connectivity index (χ1v) is 9.82. The molecule has 6 heteroatoms. The van der Waals surface area contributed by atoms with Crippen molar-refractivity contribution in [3.05, 3.63) is 54.1 Å². The number of rotatable bonds is 6. The van der Waals surface area contributed by atoms with Crippen molar-refractivity contribution >= 4 is 23.2 Å². The molecule has 0 saturated carbocycles. The largest absolute Gasteiger partial charge is 0.494 e. The second kappa shape index (κ2) is 7.92. The highest BCUT2D eigenvalue weighted by molar-refractivity contribution is 6.04. The SMILES string of the molecule is CCOc1ccccc1CCC(=O)NC1CC2C(=O)Nc3ccccc3N2C1. The molecular weight excluding hydrogens is 354 g/mol. The summed E-state index contributed by atoms with van der Waals surface area (Å²) in [5.41, 5.74) is 2.90. The molecule has 2 atom stereocenters. The summed E-state index contributed by atoms with van der Waals surface area (Å²) in [6, 6.07) is 15.4. The first kappa shape index (κ1) is 18.3. The summed E-state index contributed by atoms with van der Waals surface area (Å²) < 4.78 is 5.63. The fraction of sp³-hybridized carbons (Fsp3) is 0.364. The topological polar surface area (TPSA) is 70.7 Å². The van der Waals surface area contributed by atoms with Crippen LogP contribution in [0.4, 0.5) is 11.4 Å². The predicted octanol–water partition coefficient (Wildman–Crippen LogP) is 2.73. The molecule has 2 aromatic rings. The number of benzene rings is 2. The molecule has 1 fully saturated rings. The van der Waals surface area contributed by atoms with Crippen LogP contribution >= 0.6 is 0 Å². The third kappa shape index (κ3) is 3.67. The Bertz CT molecular complexity index is 883. The number of aryl methyl sites for hydroxylation is 1. The van der Waals surface area contributed by atoms with E-state index in [9.17, 15) is 9.59 Å². The highest BCUT2D eigenvalue weighted by atomic mass is 16.5. The number of anilines is 2. The molecule has 0 aromatic heterocycles. The number of amides is 2. The second-order valence-electron chi connectivity index (χ2n) is 7.22. The first-order valence-electron chi connectivity index (χ1n) is 9.82. The van der Waals surface area contributed by atoms with Crippen molar-refractivity contribution in [1.29, 1.82) is 0 Å². The highest BCUT2D eigenvalue weighted by Gasteiger charge is 2.41. The van der Waals surface area contributed by atoms with Crippen molar-refractivity contribution in [1.82, 2.24) is 5.32 Å². The highest BCUT2D eigenvalue weighted by Crippen LogP contribution is 2.36. The van der Waals surface area contributed by atoms with Crippen LogP contribution < -0.4 is 20.3 Å². The van der Waals surface area contributed by atoms with Crippen molar-refractivity contribution in [2.24, 2.45) is 0 Å². The van der Waals surface area contributed by atoms with E-state index >= 15 is 0 Å². The zero-order valence-electron chi connectivity index (χ0n) is 16.0. The number of hydrogen-bond donors (Lipinski definition) is 2. The van der Waals surface area contributed by atoms with Gasteiger partial charge in [0.2, 0.25) is 11.8 Å². The van der Waals surface area contributed by atoms with Gasteiger partial charge >= 0.3 is 0 Å². The lowest BCUT2D eigenvalue weighted by Gasteiger charge is -2.32. The molecule has 2 unspecified atom stereocenters. The summed E-state index contributed by atoms with van der Waals surface area (Å²) in [5.74, 6) is 0.843. The lowest BCUT2D eigenvalue weighted by Crippen LogP contribution is -2.44. The van der Waals surface area contributed by atoms with Crippen molar-refractivity contribution in [3.8, 4) is 5.75 Å². The predicted molar refractivity (Wildman–Crippen MR) is 109 cm³/mol. The minimum Gasteiger partial charge on any atom is -0.494 e. The minimum absolute atomic E-state index is 0.00101. The van der Waals surface area contributed by atoms with E-state index in [2.05, 4.69) is 15.5 Å². The molecule has 2 heterocycles. The smallest absolute Gasteiger partial charge is 0.247 e. The van der Waals surface area contributed by atoms with Crippen LogP contribution in [0.2, 0.25) is 0 Å². The third-order valence-electron chi connectivity index (χ3n) is 5.33. The van der Waals surface area contributed by atoms with Crippen LogP contribution in [0, 0.1) is 0 Å². The molecule has 28 heavy (non-hydrogen) atoms. The van der Waals surface area contributed by atoms with Crippen LogP contribution in [0.25, 0.3) is 0 Å². The number of ether oxygens (including phenoxy) is 1. The molecule has 0 aliphatic carbocycles. The van der Waals surface area contributed by atoms with Crippen molar-refractivity contribution < 1.29 is 14.3 Å². The van der Waals surface area contributed by atoms with Gasteiger partial charge in [0.1, 0.15) is 11.8 Å². The van der Waals surface area contributed by atoms with Crippen LogP contribution in [-0.2, 0) is 16.0 Å². The fourth-order valence-corrected chi connectivity index (χ4v) is 4.06. The number of hydrogen-bond acceptors (Lipinski definition) is 4. The Morgan fingerprint density at radius 3 is 2.86 bits per heavy atom. The molecular formula is C22H25N3O3. The monoisotopic (exact) mass is 379 g/mol. The van der Waals surface area contributed by atoms with Crippen LogP contribution in [0.5, 0.6) is 5.75 Å². The van der Waals surface area contributed by atoms with E-state index in [4.69, 9.17) is 4.74 Å². The maximum atomic E-state index is 12.5. The van der Waals surface area contributed by atoms with E-state index in [0.717, 1.165) is 22.7 Å². The molecule has 2 N–H and O–H groups in total. The van der Waals surface area contributed by atoms with Gasteiger partial charge in [0.25, 0.3) is 0 Å². The van der Waals surface area contributed by atoms with Gasteiger partial charge in [0.05, 0.1) is 18.0 Å². The molecule has 6 nitrogen and oxygen atoms in total.